The van der Waals surface area contributed by atoms with Crippen LogP contribution < -0.4 is 10.1 Å². The van der Waals surface area contributed by atoms with Crippen molar-refractivity contribution < 1.29 is 9.53 Å². The van der Waals surface area contributed by atoms with E-state index < -0.39 is 0 Å². The molecule has 1 amide bonds. The van der Waals surface area contributed by atoms with Gasteiger partial charge in [-0.05, 0) is 66.3 Å². The van der Waals surface area contributed by atoms with E-state index in [9.17, 15) is 4.79 Å². The lowest BCUT2D eigenvalue weighted by Crippen LogP contribution is -2.22. The van der Waals surface area contributed by atoms with Crippen molar-refractivity contribution in [1.29, 1.82) is 0 Å². The molecule has 0 aliphatic rings. The van der Waals surface area contributed by atoms with Gasteiger partial charge in [-0.15, -0.1) is 0 Å². The maximum absolute atomic E-state index is 11.0. The van der Waals surface area contributed by atoms with Gasteiger partial charge in [-0.1, -0.05) is 48.5 Å². The van der Waals surface area contributed by atoms with Gasteiger partial charge in [0.25, 0.3) is 0 Å². The molecule has 0 fully saturated rings. The lowest BCUT2D eigenvalue weighted by Gasteiger charge is -2.10. The highest BCUT2D eigenvalue weighted by atomic mass is 16.5. The molecule has 0 heterocycles. The van der Waals surface area contributed by atoms with E-state index in [0.717, 1.165) is 18.6 Å². The summed E-state index contributed by atoms with van der Waals surface area (Å²) in [6.45, 7) is 6.30. The summed E-state index contributed by atoms with van der Waals surface area (Å²) >= 11 is 0. The Balaban J connectivity index is 1.68. The second-order valence-electron chi connectivity index (χ2n) is 7.24. The summed E-state index contributed by atoms with van der Waals surface area (Å²) in [4.78, 5) is 11.0. The van der Waals surface area contributed by atoms with Crippen LogP contribution in [0.4, 0.5) is 0 Å². The van der Waals surface area contributed by atoms with Crippen LogP contribution in [0.1, 0.15) is 37.5 Å². The minimum absolute atomic E-state index is 0.0178. The Morgan fingerprint density at radius 3 is 2.11 bits per heavy atom. The number of rotatable bonds is 7. The highest BCUT2D eigenvalue weighted by Gasteiger charge is 2.03. The average molecular weight is 361 g/mol. The smallest absolute Gasteiger partial charge is 0.216 e. The number of nitrogens with one attached hydrogen (secondary N) is 1. The fraction of sp³-hybridized carbons (Fsp3) is 0.292. The van der Waals surface area contributed by atoms with Crippen LogP contribution in [0.15, 0.2) is 60.7 Å². The maximum Gasteiger partial charge on any atom is 0.216 e. The zero-order chi connectivity index (χ0) is 19.2. The third-order valence-corrected chi connectivity index (χ3v) is 4.46. The molecule has 0 unspecified atom stereocenters. The minimum Gasteiger partial charge on any atom is -0.491 e. The van der Waals surface area contributed by atoms with Crippen LogP contribution >= 0.6 is 0 Å². The number of ether oxygens (including phenoxy) is 1. The number of hydrogen-bond donors (Lipinski definition) is 1. The predicted molar refractivity (Wildman–Crippen MR) is 111 cm³/mol. The highest BCUT2D eigenvalue weighted by molar-refractivity contribution is 5.84. The highest BCUT2D eigenvalue weighted by Crippen LogP contribution is 2.21. The van der Waals surface area contributed by atoms with Gasteiger partial charge in [0.15, 0.2) is 0 Å². The monoisotopic (exact) mass is 361 g/mol. The quantitative estimate of drug-likeness (QED) is 0.650. The number of amides is 1. The molecule has 0 aliphatic carbocycles. The van der Waals surface area contributed by atoms with Crippen molar-refractivity contribution in [2.75, 3.05) is 6.54 Å². The topological polar surface area (TPSA) is 38.3 Å². The summed E-state index contributed by atoms with van der Waals surface area (Å²) in [5, 5.41) is 5.33. The van der Waals surface area contributed by atoms with Crippen molar-refractivity contribution in [1.82, 2.24) is 5.32 Å². The van der Waals surface area contributed by atoms with E-state index in [1.807, 2.05) is 26.0 Å². The van der Waals surface area contributed by atoms with Gasteiger partial charge in [0, 0.05) is 13.5 Å². The molecule has 3 aromatic carbocycles. The number of carbonyl (C=O) groups is 1. The van der Waals surface area contributed by atoms with E-state index in [0.29, 0.717) is 6.54 Å². The third-order valence-electron chi connectivity index (χ3n) is 4.46. The number of benzene rings is 3. The molecule has 0 bridgehead atoms. The normalized spacial score (nSPS) is 11.0. The zero-order valence-electron chi connectivity index (χ0n) is 16.3. The Labute approximate surface area is 161 Å². The molecule has 140 valence electrons. The number of carbonyl (C=O) groups excluding carboxylic acids is 1. The van der Waals surface area contributed by atoms with Crippen molar-refractivity contribution in [3.63, 3.8) is 0 Å². The van der Waals surface area contributed by atoms with Gasteiger partial charge in [0.1, 0.15) is 5.75 Å². The van der Waals surface area contributed by atoms with Crippen LogP contribution in [0.25, 0.3) is 10.8 Å². The van der Waals surface area contributed by atoms with Crippen molar-refractivity contribution in [2.45, 2.75) is 39.7 Å². The Hall–Kier alpha value is -2.81. The third kappa shape index (κ3) is 5.58. The summed E-state index contributed by atoms with van der Waals surface area (Å²) < 4.78 is 5.71. The standard InChI is InChI=1S/C24H27NO2/c1-17(2)27-24-10-6-19(7-11-24)14-21-5-9-22-15-20(4-8-23(22)16-21)12-13-25-18(3)26/h4-11,15-17H,12-14H2,1-3H3,(H,25,26). The van der Waals surface area contributed by atoms with E-state index in [1.54, 1.807) is 6.92 Å². The molecule has 3 nitrogen and oxygen atoms in total. The van der Waals surface area contributed by atoms with Crippen molar-refractivity contribution in [2.24, 2.45) is 0 Å². The second kappa shape index (κ2) is 8.72. The van der Waals surface area contributed by atoms with E-state index in [2.05, 4.69) is 53.8 Å². The van der Waals surface area contributed by atoms with Gasteiger partial charge in [-0.2, -0.15) is 0 Å². The molecule has 27 heavy (non-hydrogen) atoms. The van der Waals surface area contributed by atoms with Gasteiger partial charge in [-0.25, -0.2) is 0 Å². The van der Waals surface area contributed by atoms with Crippen molar-refractivity contribution >= 4 is 16.7 Å². The summed E-state index contributed by atoms with van der Waals surface area (Å²) in [5.41, 5.74) is 3.81. The molecular formula is C24H27NO2. The van der Waals surface area contributed by atoms with E-state index >= 15 is 0 Å². The Morgan fingerprint density at radius 2 is 1.48 bits per heavy atom. The zero-order valence-corrected chi connectivity index (χ0v) is 16.3. The van der Waals surface area contributed by atoms with Gasteiger partial charge in [0.2, 0.25) is 5.91 Å². The van der Waals surface area contributed by atoms with Crippen LogP contribution in [0, 0.1) is 0 Å². The Morgan fingerprint density at radius 1 is 0.889 bits per heavy atom. The summed E-state index contributed by atoms with van der Waals surface area (Å²) in [6.07, 6.45) is 1.95. The summed E-state index contributed by atoms with van der Waals surface area (Å²) in [6, 6.07) is 21.5. The van der Waals surface area contributed by atoms with Gasteiger partial charge >= 0.3 is 0 Å². The lowest BCUT2D eigenvalue weighted by molar-refractivity contribution is -0.118. The molecule has 1 N–H and O–H groups in total. The second-order valence-corrected chi connectivity index (χ2v) is 7.24. The fourth-order valence-electron chi connectivity index (χ4n) is 3.19. The summed E-state index contributed by atoms with van der Waals surface area (Å²) in [5.74, 6) is 0.934. The molecule has 0 aromatic heterocycles. The molecule has 0 radical (unpaired) electrons. The fourth-order valence-corrected chi connectivity index (χ4v) is 3.19. The molecule has 3 rings (SSSR count). The molecule has 3 aromatic rings. The molecule has 0 atom stereocenters. The van der Waals surface area contributed by atoms with Crippen molar-refractivity contribution in [3.8, 4) is 5.75 Å². The van der Waals surface area contributed by atoms with E-state index in [1.165, 1.54) is 27.5 Å². The first-order chi connectivity index (χ1) is 13.0. The average Bonchev–Trinajstić information content (AvgIpc) is 2.63. The lowest BCUT2D eigenvalue weighted by atomic mass is 9.99. The first-order valence-electron chi connectivity index (χ1n) is 9.51. The van der Waals surface area contributed by atoms with Gasteiger partial charge in [-0.3, -0.25) is 4.79 Å². The Kier molecular flexibility index (Phi) is 6.12. The molecular weight excluding hydrogens is 334 g/mol. The first kappa shape index (κ1) is 19.0. The first-order valence-corrected chi connectivity index (χ1v) is 9.51. The molecule has 3 heteroatoms. The molecule has 0 spiro atoms. The van der Waals surface area contributed by atoms with Crippen LogP contribution in [-0.4, -0.2) is 18.6 Å². The maximum atomic E-state index is 11.0. The van der Waals surface area contributed by atoms with Crippen LogP contribution in [0.5, 0.6) is 5.75 Å². The summed E-state index contributed by atoms with van der Waals surface area (Å²) in [7, 11) is 0. The van der Waals surface area contributed by atoms with Crippen LogP contribution in [-0.2, 0) is 17.6 Å². The molecule has 0 saturated heterocycles. The largest absolute Gasteiger partial charge is 0.491 e. The minimum atomic E-state index is 0.0178. The van der Waals surface area contributed by atoms with Crippen LogP contribution in [0.3, 0.4) is 0 Å². The Bertz CT molecular complexity index is 913. The number of hydrogen-bond acceptors (Lipinski definition) is 2. The SMILES string of the molecule is CC(=O)NCCc1ccc2cc(Cc3ccc(OC(C)C)cc3)ccc2c1. The van der Waals surface area contributed by atoms with Gasteiger partial charge in [0.05, 0.1) is 6.10 Å². The predicted octanol–water partition coefficient (Wildman–Crippen LogP) is 4.90. The van der Waals surface area contributed by atoms with E-state index in [4.69, 9.17) is 4.74 Å². The van der Waals surface area contributed by atoms with E-state index in [-0.39, 0.29) is 12.0 Å². The van der Waals surface area contributed by atoms with Crippen molar-refractivity contribution in [3.05, 3.63) is 77.4 Å². The molecule has 0 saturated carbocycles. The van der Waals surface area contributed by atoms with Crippen LogP contribution in [0.2, 0.25) is 0 Å². The van der Waals surface area contributed by atoms with Gasteiger partial charge < -0.3 is 10.1 Å². The molecule has 0 aliphatic heterocycles. The number of fused-ring (bicyclic) bond motifs is 1.